The van der Waals surface area contributed by atoms with Crippen LogP contribution in [0.1, 0.15) is 84.0 Å². The van der Waals surface area contributed by atoms with Gasteiger partial charge in [-0.2, -0.15) is 0 Å². The molecule has 0 saturated carbocycles. The molecule has 0 fully saturated rings. The first kappa shape index (κ1) is 21.6. The highest BCUT2D eigenvalue weighted by Gasteiger charge is 1.86. The third kappa shape index (κ3) is 20.6. The molecule has 0 aromatic heterocycles. The number of unbranched alkanes of at least 4 members (excludes halogenated alkanes) is 7. The topological polar surface area (TPSA) is 17.1 Å². The van der Waals surface area contributed by atoms with Crippen LogP contribution in [0, 0.1) is 0 Å². The minimum atomic E-state index is 0.717. The number of carbonyl (C=O) groups is 1. The predicted octanol–water partition coefficient (Wildman–Crippen LogP) is 7.11. The molecular formula is C22H36O. The van der Waals surface area contributed by atoms with Crippen molar-refractivity contribution in [2.75, 3.05) is 0 Å². The van der Waals surface area contributed by atoms with E-state index in [0.717, 1.165) is 44.8 Å². The van der Waals surface area contributed by atoms with Gasteiger partial charge in [0.05, 0.1) is 0 Å². The van der Waals surface area contributed by atoms with Crippen molar-refractivity contribution in [3.05, 3.63) is 48.6 Å². The average molecular weight is 317 g/mol. The molecule has 0 rings (SSSR count). The number of carbonyl (C=O) groups excluding carboxylic acids is 1. The molecule has 0 N–H and O–H groups in total. The maximum Gasteiger partial charge on any atom is 0.119 e. The lowest BCUT2D eigenvalue weighted by molar-refractivity contribution is -0.107. The van der Waals surface area contributed by atoms with E-state index in [-0.39, 0.29) is 0 Å². The fraction of sp³-hybridized carbons (Fsp3) is 0.591. The lowest BCUT2D eigenvalue weighted by atomic mass is 10.1. The van der Waals surface area contributed by atoms with Crippen LogP contribution in [-0.4, -0.2) is 6.29 Å². The second kappa shape index (κ2) is 20.6. The SMILES string of the molecule is CCCCC/C=C\C/C=C\C/C=C\C/C=C\CCCCCC=O. The molecule has 0 aliphatic heterocycles. The van der Waals surface area contributed by atoms with E-state index in [9.17, 15) is 4.79 Å². The Labute approximate surface area is 144 Å². The molecule has 0 unspecified atom stereocenters. The molecule has 0 amide bonds. The second-order valence-corrected chi connectivity index (χ2v) is 5.89. The van der Waals surface area contributed by atoms with Crippen molar-refractivity contribution in [2.24, 2.45) is 0 Å². The van der Waals surface area contributed by atoms with Crippen LogP contribution in [0.3, 0.4) is 0 Å². The molecule has 130 valence electrons. The third-order valence-corrected chi connectivity index (χ3v) is 3.65. The van der Waals surface area contributed by atoms with Gasteiger partial charge in [0.15, 0.2) is 0 Å². The Hall–Kier alpha value is -1.37. The molecule has 23 heavy (non-hydrogen) atoms. The van der Waals surface area contributed by atoms with Crippen LogP contribution in [0.15, 0.2) is 48.6 Å². The molecule has 0 atom stereocenters. The summed E-state index contributed by atoms with van der Waals surface area (Å²) in [7, 11) is 0. The van der Waals surface area contributed by atoms with Gasteiger partial charge in [0.1, 0.15) is 6.29 Å². The van der Waals surface area contributed by atoms with Crippen molar-refractivity contribution in [2.45, 2.75) is 84.0 Å². The van der Waals surface area contributed by atoms with Gasteiger partial charge >= 0.3 is 0 Å². The Balaban J connectivity index is 3.35. The van der Waals surface area contributed by atoms with Crippen molar-refractivity contribution >= 4 is 6.29 Å². The van der Waals surface area contributed by atoms with E-state index in [4.69, 9.17) is 0 Å². The summed E-state index contributed by atoms with van der Waals surface area (Å²) in [5.41, 5.74) is 0. The normalized spacial score (nSPS) is 12.4. The van der Waals surface area contributed by atoms with E-state index in [1.165, 1.54) is 32.1 Å². The van der Waals surface area contributed by atoms with Crippen LogP contribution < -0.4 is 0 Å². The molecule has 0 heterocycles. The van der Waals surface area contributed by atoms with E-state index < -0.39 is 0 Å². The van der Waals surface area contributed by atoms with E-state index >= 15 is 0 Å². The molecule has 0 radical (unpaired) electrons. The maximum absolute atomic E-state index is 10.2. The monoisotopic (exact) mass is 316 g/mol. The molecule has 0 saturated heterocycles. The molecule has 1 heteroatoms. The standard InChI is InChI=1S/C22H36O/c1-2-3-4-5-6-7-8-9-10-11-12-13-14-15-16-17-18-19-20-21-22-23/h6-7,9-10,12-13,15-16,22H,2-5,8,11,14,17-21H2,1H3/b7-6-,10-9-,13-12-,16-15-. The van der Waals surface area contributed by atoms with Crippen LogP contribution in [0.5, 0.6) is 0 Å². The summed E-state index contributed by atoms with van der Waals surface area (Å²) in [5, 5.41) is 0. The number of aldehydes is 1. The van der Waals surface area contributed by atoms with Gasteiger partial charge in [-0.1, -0.05) is 74.8 Å². The van der Waals surface area contributed by atoms with Crippen LogP contribution in [0.2, 0.25) is 0 Å². The molecular weight excluding hydrogens is 280 g/mol. The van der Waals surface area contributed by atoms with Crippen LogP contribution in [0.4, 0.5) is 0 Å². The smallest absolute Gasteiger partial charge is 0.119 e. The Bertz CT molecular complexity index is 347. The third-order valence-electron chi connectivity index (χ3n) is 3.65. The minimum absolute atomic E-state index is 0.717. The fourth-order valence-corrected chi connectivity index (χ4v) is 2.23. The van der Waals surface area contributed by atoms with Gasteiger partial charge in [-0.3, -0.25) is 0 Å². The van der Waals surface area contributed by atoms with Gasteiger partial charge in [0, 0.05) is 6.42 Å². The van der Waals surface area contributed by atoms with Crippen molar-refractivity contribution in [3.8, 4) is 0 Å². The lowest BCUT2D eigenvalue weighted by Gasteiger charge is -1.93. The lowest BCUT2D eigenvalue weighted by Crippen LogP contribution is -1.77. The number of allylic oxidation sites excluding steroid dienone is 8. The van der Waals surface area contributed by atoms with Gasteiger partial charge < -0.3 is 4.79 Å². The summed E-state index contributed by atoms with van der Waals surface area (Å²) in [6.45, 7) is 2.24. The zero-order valence-electron chi connectivity index (χ0n) is 15.1. The molecule has 0 aromatic rings. The van der Waals surface area contributed by atoms with E-state index in [2.05, 4.69) is 55.5 Å². The van der Waals surface area contributed by atoms with E-state index in [1.54, 1.807) is 0 Å². The van der Waals surface area contributed by atoms with Gasteiger partial charge in [-0.25, -0.2) is 0 Å². The van der Waals surface area contributed by atoms with Crippen molar-refractivity contribution in [1.29, 1.82) is 0 Å². The Morgan fingerprint density at radius 2 is 0.957 bits per heavy atom. The zero-order chi connectivity index (χ0) is 16.8. The highest BCUT2D eigenvalue weighted by molar-refractivity contribution is 5.48. The van der Waals surface area contributed by atoms with E-state index in [0.29, 0.717) is 6.42 Å². The fourth-order valence-electron chi connectivity index (χ4n) is 2.23. The predicted molar refractivity (Wildman–Crippen MR) is 104 cm³/mol. The Kier molecular flexibility index (Phi) is 19.4. The van der Waals surface area contributed by atoms with E-state index in [1.807, 2.05) is 0 Å². The molecule has 0 aliphatic carbocycles. The molecule has 1 nitrogen and oxygen atoms in total. The zero-order valence-corrected chi connectivity index (χ0v) is 15.1. The first-order chi connectivity index (χ1) is 11.4. The van der Waals surface area contributed by atoms with Crippen molar-refractivity contribution in [1.82, 2.24) is 0 Å². The van der Waals surface area contributed by atoms with Crippen LogP contribution in [0.25, 0.3) is 0 Å². The molecule has 0 bridgehead atoms. The first-order valence-corrected chi connectivity index (χ1v) is 9.45. The van der Waals surface area contributed by atoms with Crippen LogP contribution >= 0.6 is 0 Å². The quantitative estimate of drug-likeness (QED) is 0.168. The first-order valence-electron chi connectivity index (χ1n) is 9.45. The highest BCUT2D eigenvalue weighted by atomic mass is 16.1. The Morgan fingerprint density at radius 3 is 1.43 bits per heavy atom. The highest BCUT2D eigenvalue weighted by Crippen LogP contribution is 2.03. The van der Waals surface area contributed by atoms with Gasteiger partial charge in [0.25, 0.3) is 0 Å². The van der Waals surface area contributed by atoms with Gasteiger partial charge in [-0.15, -0.1) is 0 Å². The summed E-state index contributed by atoms with van der Waals surface area (Å²) in [6.07, 6.45) is 32.6. The minimum Gasteiger partial charge on any atom is -0.303 e. The van der Waals surface area contributed by atoms with Gasteiger partial charge in [0.2, 0.25) is 0 Å². The number of rotatable bonds is 16. The summed E-state index contributed by atoms with van der Waals surface area (Å²) in [6, 6.07) is 0. The average Bonchev–Trinajstić information content (AvgIpc) is 2.57. The molecule has 0 aliphatic rings. The second-order valence-electron chi connectivity index (χ2n) is 5.89. The number of hydrogen-bond donors (Lipinski definition) is 0. The molecule has 0 aromatic carbocycles. The number of hydrogen-bond acceptors (Lipinski definition) is 1. The van der Waals surface area contributed by atoms with Gasteiger partial charge in [-0.05, 0) is 51.4 Å². The summed E-state index contributed by atoms with van der Waals surface area (Å²) in [4.78, 5) is 10.2. The molecule has 0 spiro atoms. The maximum atomic E-state index is 10.2. The Morgan fingerprint density at radius 1 is 0.522 bits per heavy atom. The van der Waals surface area contributed by atoms with Crippen molar-refractivity contribution < 1.29 is 4.79 Å². The summed E-state index contributed by atoms with van der Waals surface area (Å²) < 4.78 is 0. The van der Waals surface area contributed by atoms with Crippen LogP contribution in [-0.2, 0) is 4.79 Å². The summed E-state index contributed by atoms with van der Waals surface area (Å²) >= 11 is 0. The largest absolute Gasteiger partial charge is 0.303 e. The van der Waals surface area contributed by atoms with Crippen molar-refractivity contribution in [3.63, 3.8) is 0 Å². The summed E-state index contributed by atoms with van der Waals surface area (Å²) in [5.74, 6) is 0.